The Morgan fingerprint density at radius 2 is 1.85 bits per heavy atom. The van der Waals surface area contributed by atoms with E-state index < -0.39 is 5.91 Å². The summed E-state index contributed by atoms with van der Waals surface area (Å²) in [6.45, 7) is 0. The van der Waals surface area contributed by atoms with Crippen LogP contribution in [0.3, 0.4) is 0 Å². The van der Waals surface area contributed by atoms with E-state index in [0.29, 0.717) is 17.3 Å². The molecule has 4 N–H and O–H groups in total. The highest BCUT2D eigenvalue weighted by Crippen LogP contribution is 2.27. The van der Waals surface area contributed by atoms with E-state index in [2.05, 4.69) is 9.97 Å². The molecule has 1 aromatic heterocycles. The Morgan fingerprint density at radius 3 is 2.50 bits per heavy atom. The van der Waals surface area contributed by atoms with Gasteiger partial charge >= 0.3 is 0 Å². The van der Waals surface area contributed by atoms with Crippen LogP contribution < -0.4 is 5.48 Å². The SMILES string of the molecule is O=C(/C=C/c1ccc(Cc2nc(-c3ccc(O)cc3)c(Cl)[nH]2)cc1)NO. The molecule has 0 aliphatic carbocycles. The Hall–Kier alpha value is -3.09. The summed E-state index contributed by atoms with van der Waals surface area (Å²) < 4.78 is 0. The van der Waals surface area contributed by atoms with Gasteiger partial charge in [-0.2, -0.15) is 0 Å². The van der Waals surface area contributed by atoms with E-state index in [4.69, 9.17) is 16.8 Å². The molecule has 7 heteroatoms. The Bertz CT molecular complexity index is 932. The summed E-state index contributed by atoms with van der Waals surface area (Å²) in [5, 5.41) is 18.3. The van der Waals surface area contributed by atoms with Gasteiger partial charge < -0.3 is 10.1 Å². The molecule has 26 heavy (non-hydrogen) atoms. The van der Waals surface area contributed by atoms with Gasteiger partial charge in [0.05, 0.1) is 0 Å². The smallest absolute Gasteiger partial charge is 0.267 e. The number of imidazole rings is 1. The minimum absolute atomic E-state index is 0.186. The first kappa shape index (κ1) is 17.7. The van der Waals surface area contributed by atoms with Crippen LogP contribution >= 0.6 is 11.6 Å². The first-order chi connectivity index (χ1) is 12.5. The van der Waals surface area contributed by atoms with Crippen LogP contribution in [0, 0.1) is 0 Å². The number of nitrogens with zero attached hydrogens (tertiary/aromatic N) is 1. The number of halogens is 1. The molecule has 0 aliphatic heterocycles. The van der Waals surface area contributed by atoms with Gasteiger partial charge in [-0.25, -0.2) is 10.5 Å². The molecule has 3 rings (SSSR count). The molecule has 0 aliphatic rings. The van der Waals surface area contributed by atoms with E-state index in [0.717, 1.165) is 22.5 Å². The van der Waals surface area contributed by atoms with Gasteiger partial charge in [-0.05, 0) is 41.5 Å². The topological polar surface area (TPSA) is 98.2 Å². The number of hydrogen-bond donors (Lipinski definition) is 4. The lowest BCUT2D eigenvalue weighted by Crippen LogP contribution is -2.14. The van der Waals surface area contributed by atoms with Crippen LogP contribution in [0.4, 0.5) is 0 Å². The number of aromatic nitrogens is 2. The molecule has 0 saturated carbocycles. The predicted octanol–water partition coefficient (Wildman–Crippen LogP) is 3.55. The van der Waals surface area contributed by atoms with Crippen LogP contribution in [0.5, 0.6) is 5.75 Å². The normalized spacial score (nSPS) is 11.0. The molecule has 0 bridgehead atoms. The molecule has 1 heterocycles. The van der Waals surface area contributed by atoms with Gasteiger partial charge in [-0.15, -0.1) is 0 Å². The zero-order valence-electron chi connectivity index (χ0n) is 13.6. The number of hydrogen-bond acceptors (Lipinski definition) is 4. The number of carbonyl (C=O) groups is 1. The van der Waals surface area contributed by atoms with Gasteiger partial charge in [-0.1, -0.05) is 35.9 Å². The average Bonchev–Trinajstić information content (AvgIpc) is 3.01. The molecule has 0 spiro atoms. The number of nitrogens with one attached hydrogen (secondary N) is 2. The zero-order valence-corrected chi connectivity index (χ0v) is 14.4. The van der Waals surface area contributed by atoms with E-state index in [9.17, 15) is 9.90 Å². The van der Waals surface area contributed by atoms with Crippen LogP contribution in [0.25, 0.3) is 17.3 Å². The van der Waals surface area contributed by atoms with Crippen molar-refractivity contribution in [1.29, 1.82) is 0 Å². The van der Waals surface area contributed by atoms with Crippen molar-refractivity contribution < 1.29 is 15.1 Å². The number of hydroxylamine groups is 1. The Labute approximate surface area is 154 Å². The van der Waals surface area contributed by atoms with Crippen molar-refractivity contribution in [2.45, 2.75) is 6.42 Å². The summed E-state index contributed by atoms with van der Waals surface area (Å²) >= 11 is 6.25. The van der Waals surface area contributed by atoms with Gasteiger partial charge in [0.1, 0.15) is 22.4 Å². The summed E-state index contributed by atoms with van der Waals surface area (Å²) in [6.07, 6.45) is 3.41. The monoisotopic (exact) mass is 369 g/mol. The van der Waals surface area contributed by atoms with E-state index in [1.807, 2.05) is 24.3 Å². The van der Waals surface area contributed by atoms with E-state index in [-0.39, 0.29) is 5.75 Å². The first-order valence-corrected chi connectivity index (χ1v) is 8.18. The molecule has 1 amide bonds. The largest absolute Gasteiger partial charge is 0.508 e. The van der Waals surface area contributed by atoms with Crippen molar-refractivity contribution in [2.75, 3.05) is 0 Å². The Balaban J connectivity index is 1.73. The fourth-order valence-electron chi connectivity index (χ4n) is 2.44. The molecule has 6 nitrogen and oxygen atoms in total. The Morgan fingerprint density at radius 1 is 1.15 bits per heavy atom. The average molecular weight is 370 g/mol. The number of aromatic amines is 1. The van der Waals surface area contributed by atoms with Gasteiger partial charge in [0.25, 0.3) is 5.91 Å². The van der Waals surface area contributed by atoms with Crippen LogP contribution in [0.2, 0.25) is 5.15 Å². The summed E-state index contributed by atoms with van der Waals surface area (Å²) in [7, 11) is 0. The molecule has 0 radical (unpaired) electrons. The lowest BCUT2D eigenvalue weighted by Gasteiger charge is -2.00. The highest BCUT2D eigenvalue weighted by atomic mass is 35.5. The predicted molar refractivity (Wildman–Crippen MR) is 98.9 cm³/mol. The standard InChI is InChI=1S/C19H16ClN3O3/c20-19-18(14-6-8-15(24)9-7-14)21-16(22-19)11-13-3-1-12(2-4-13)5-10-17(25)23-26/h1-10,24,26H,11H2,(H,21,22)(H,23,25)/b10-5+. The Kier molecular flexibility index (Phi) is 5.36. The fraction of sp³-hybridized carbons (Fsp3) is 0.0526. The van der Waals surface area contributed by atoms with Crippen LogP contribution in [-0.4, -0.2) is 26.2 Å². The summed E-state index contributed by atoms with van der Waals surface area (Å²) in [4.78, 5) is 18.6. The number of H-pyrrole nitrogens is 1. The second kappa shape index (κ2) is 7.86. The maximum Gasteiger partial charge on any atom is 0.267 e. The first-order valence-electron chi connectivity index (χ1n) is 7.80. The minimum atomic E-state index is -0.582. The van der Waals surface area contributed by atoms with Crippen LogP contribution in [0.1, 0.15) is 17.0 Å². The third-order valence-electron chi connectivity index (χ3n) is 3.74. The maximum atomic E-state index is 11.0. The minimum Gasteiger partial charge on any atom is -0.508 e. The van der Waals surface area contributed by atoms with Crippen molar-refractivity contribution in [3.8, 4) is 17.0 Å². The molecule has 2 aromatic carbocycles. The third-order valence-corrected chi connectivity index (χ3v) is 4.01. The maximum absolute atomic E-state index is 11.0. The molecule has 132 valence electrons. The summed E-state index contributed by atoms with van der Waals surface area (Å²) in [5.41, 5.74) is 4.85. The van der Waals surface area contributed by atoms with Crippen molar-refractivity contribution in [2.24, 2.45) is 0 Å². The van der Waals surface area contributed by atoms with Crippen LogP contribution in [0.15, 0.2) is 54.6 Å². The second-order valence-electron chi connectivity index (χ2n) is 5.62. The van der Waals surface area contributed by atoms with E-state index in [1.165, 1.54) is 11.6 Å². The number of aromatic hydroxyl groups is 1. The molecule has 0 unspecified atom stereocenters. The highest BCUT2D eigenvalue weighted by Gasteiger charge is 2.11. The van der Waals surface area contributed by atoms with Crippen molar-refractivity contribution in [3.63, 3.8) is 0 Å². The van der Waals surface area contributed by atoms with Crippen molar-refractivity contribution in [1.82, 2.24) is 15.4 Å². The van der Waals surface area contributed by atoms with Gasteiger partial charge in [0.15, 0.2) is 0 Å². The lowest BCUT2D eigenvalue weighted by atomic mass is 10.1. The van der Waals surface area contributed by atoms with E-state index >= 15 is 0 Å². The molecular weight excluding hydrogens is 354 g/mol. The van der Waals surface area contributed by atoms with Crippen molar-refractivity contribution in [3.05, 3.63) is 76.7 Å². The lowest BCUT2D eigenvalue weighted by molar-refractivity contribution is -0.124. The van der Waals surface area contributed by atoms with Crippen LogP contribution in [-0.2, 0) is 11.2 Å². The second-order valence-corrected chi connectivity index (χ2v) is 6.00. The number of carbonyl (C=O) groups excluding carboxylic acids is 1. The number of rotatable bonds is 5. The van der Waals surface area contributed by atoms with Gasteiger partial charge in [0.2, 0.25) is 0 Å². The number of phenols is 1. The summed E-state index contributed by atoms with van der Waals surface area (Å²) in [5.74, 6) is 0.327. The van der Waals surface area contributed by atoms with Gasteiger partial charge in [0, 0.05) is 18.1 Å². The number of amides is 1. The fourth-order valence-corrected chi connectivity index (χ4v) is 2.70. The molecule has 0 atom stereocenters. The molecule has 3 aromatic rings. The van der Waals surface area contributed by atoms with Gasteiger partial charge in [-0.3, -0.25) is 10.0 Å². The van der Waals surface area contributed by atoms with Crippen molar-refractivity contribution >= 4 is 23.6 Å². The van der Waals surface area contributed by atoms with E-state index in [1.54, 1.807) is 30.3 Å². The number of phenolic OH excluding ortho intramolecular Hbond substituents is 1. The number of benzene rings is 2. The molecule has 0 saturated heterocycles. The summed E-state index contributed by atoms with van der Waals surface area (Å²) in [6, 6.07) is 14.3. The quantitative estimate of drug-likeness (QED) is 0.314. The zero-order chi connectivity index (χ0) is 18.5. The molecule has 0 fully saturated rings. The highest BCUT2D eigenvalue weighted by molar-refractivity contribution is 6.31. The molecular formula is C19H16ClN3O3. The third kappa shape index (κ3) is 4.30.